The van der Waals surface area contributed by atoms with Gasteiger partial charge in [-0.25, -0.2) is 0 Å². The number of hydrogen-bond donors (Lipinski definition) is 30. The quantitative estimate of drug-likeness (QED) is 0.0669. The standard InChI is InChI=1S/C46H30O30/c47-17-3-1(9-18(48)13-14(28(58)24(9)54)34(64)43(73)42(72)33(13)63)5-6(21(51)39(69)38(68)20(5)50)2(10-25(55)29(59)15(30(60)26(10)56)16-35(65)44(74)46(76)45(75)36(16)66)4(3)19(49)27(57)11(17)7-8-12(31(61)37(67)22(7)52)32(62)41(71)40(70)23(8)53/h47-76H. The van der Waals surface area contributed by atoms with Gasteiger partial charge in [-0.05, 0) is 0 Å². The Morgan fingerprint density at radius 1 is 0.0789 bits per heavy atom. The Morgan fingerprint density at radius 2 is 0.197 bits per heavy atom. The lowest BCUT2D eigenvalue weighted by molar-refractivity contribution is 0.329. The van der Waals surface area contributed by atoms with Gasteiger partial charge in [-0.3, -0.25) is 0 Å². The second-order valence-corrected chi connectivity index (χ2v) is 16.5. The highest BCUT2D eigenvalue weighted by Gasteiger charge is 2.42. The molecule has 394 valence electrons. The van der Waals surface area contributed by atoms with E-state index in [0.717, 1.165) is 0 Å². The molecule has 0 amide bonds. The summed E-state index contributed by atoms with van der Waals surface area (Å²) in [5, 5.41) is 324. The molecule has 9 rings (SSSR count). The van der Waals surface area contributed by atoms with Crippen molar-refractivity contribution in [2.45, 2.75) is 0 Å². The van der Waals surface area contributed by atoms with Gasteiger partial charge < -0.3 is 153 Å². The molecule has 0 spiro atoms. The third-order valence-corrected chi connectivity index (χ3v) is 12.7. The van der Waals surface area contributed by atoms with Crippen LogP contribution in [0.25, 0.3) is 87.6 Å². The van der Waals surface area contributed by atoms with Crippen LogP contribution < -0.4 is 0 Å². The molecule has 0 aliphatic rings. The predicted molar refractivity (Wildman–Crippen MR) is 248 cm³/mol. The maximum atomic E-state index is 12.7. The number of phenols is 30. The summed E-state index contributed by atoms with van der Waals surface area (Å²) in [6.07, 6.45) is 0. The number of benzene rings is 9. The molecule has 0 unspecified atom stereocenters. The molecular weight excluding hydrogens is 1030 g/mol. The molecule has 30 nitrogen and oxygen atoms in total. The van der Waals surface area contributed by atoms with Crippen LogP contribution in [0.2, 0.25) is 0 Å². The third kappa shape index (κ3) is 5.55. The minimum Gasteiger partial charge on any atom is -0.506 e. The summed E-state index contributed by atoms with van der Waals surface area (Å²) in [6.45, 7) is 0. The van der Waals surface area contributed by atoms with Gasteiger partial charge in [-0.1, -0.05) is 0 Å². The van der Waals surface area contributed by atoms with Crippen molar-refractivity contribution in [2.75, 3.05) is 0 Å². The van der Waals surface area contributed by atoms with Crippen LogP contribution in [0, 0.1) is 0 Å². The van der Waals surface area contributed by atoms with Crippen LogP contribution in [0.4, 0.5) is 0 Å². The fourth-order valence-corrected chi connectivity index (χ4v) is 9.22. The van der Waals surface area contributed by atoms with Gasteiger partial charge in [0.2, 0.25) is 57.5 Å². The maximum absolute atomic E-state index is 12.7. The monoisotopic (exact) mass is 1060 g/mol. The highest BCUT2D eigenvalue weighted by Crippen LogP contribution is 2.71. The zero-order chi connectivity index (χ0) is 56.6. The van der Waals surface area contributed by atoms with E-state index in [9.17, 15) is 153 Å². The Balaban J connectivity index is 1.67. The largest absolute Gasteiger partial charge is 0.506 e. The van der Waals surface area contributed by atoms with E-state index in [0.29, 0.717) is 0 Å². The van der Waals surface area contributed by atoms with Gasteiger partial charge in [0.05, 0.1) is 44.0 Å². The second-order valence-electron chi connectivity index (χ2n) is 16.5. The van der Waals surface area contributed by atoms with Crippen molar-refractivity contribution in [1.82, 2.24) is 0 Å². The molecule has 0 aliphatic heterocycles. The fourth-order valence-electron chi connectivity index (χ4n) is 9.22. The van der Waals surface area contributed by atoms with E-state index in [4.69, 9.17) is 0 Å². The SMILES string of the molecule is Oc1c(O)c(O)c(-c2c(O)c(O)c(-c3c4c(O)c(O)c(O)c(O)c4c(-c4c(O)c(O)c5c(O)c(O)c(O)c(O)c5c4O)c4c(O)c(-c5c(O)c(O)c(O)c6c(O)c(O)c(O)c(O)c56)c(O)c(O)c34)c(O)c2O)c(O)c1O. The van der Waals surface area contributed by atoms with E-state index >= 15 is 0 Å². The van der Waals surface area contributed by atoms with E-state index in [-0.39, 0.29) is 0 Å². The van der Waals surface area contributed by atoms with E-state index in [2.05, 4.69) is 0 Å². The lowest BCUT2D eigenvalue weighted by atomic mass is 9.80. The van der Waals surface area contributed by atoms with Crippen LogP contribution in [0.5, 0.6) is 172 Å². The highest BCUT2D eigenvalue weighted by molar-refractivity contribution is 6.33. The minimum atomic E-state index is -2.02. The molecule has 0 aromatic heterocycles. The Hall–Kier alpha value is -12.0. The molecule has 76 heavy (non-hydrogen) atoms. The first-order valence-corrected chi connectivity index (χ1v) is 20.2. The molecule has 0 saturated heterocycles. The number of fused-ring (bicyclic) bond motifs is 4. The van der Waals surface area contributed by atoms with Crippen LogP contribution in [0.3, 0.4) is 0 Å². The highest BCUT2D eigenvalue weighted by atomic mass is 16.4. The predicted octanol–water partition coefficient (Wildman–Crippen LogP) is 4.14. The first-order chi connectivity index (χ1) is 35.3. The molecule has 0 radical (unpaired) electrons. The minimum absolute atomic E-state index is 1.35. The summed E-state index contributed by atoms with van der Waals surface area (Å²) >= 11 is 0. The Morgan fingerprint density at radius 3 is 0.539 bits per heavy atom. The van der Waals surface area contributed by atoms with Crippen molar-refractivity contribution in [3.63, 3.8) is 0 Å². The first kappa shape index (κ1) is 49.0. The van der Waals surface area contributed by atoms with Gasteiger partial charge in [0.15, 0.2) is 103 Å². The summed E-state index contributed by atoms with van der Waals surface area (Å²) in [4.78, 5) is 0. The van der Waals surface area contributed by atoms with Crippen LogP contribution in [-0.2, 0) is 0 Å². The molecule has 30 heteroatoms. The number of phenolic OH excluding ortho intramolecular Hbond substituents is 30. The average Bonchev–Trinajstić information content (AvgIpc) is 3.38. The summed E-state index contributed by atoms with van der Waals surface area (Å²) < 4.78 is 0. The molecular formula is C46H30O30. The maximum Gasteiger partial charge on any atom is 0.208 e. The molecule has 0 saturated carbocycles. The molecule has 0 bridgehead atoms. The average molecular weight is 1060 g/mol. The van der Waals surface area contributed by atoms with Crippen molar-refractivity contribution in [1.29, 1.82) is 0 Å². The lowest BCUT2D eigenvalue weighted by Gasteiger charge is -2.26. The second kappa shape index (κ2) is 15.3. The molecule has 9 aromatic carbocycles. The zero-order valence-corrected chi connectivity index (χ0v) is 36.4. The topological polar surface area (TPSA) is 607 Å². The fraction of sp³-hybridized carbons (Fsp3) is 0. The number of rotatable bonds is 4. The van der Waals surface area contributed by atoms with Gasteiger partial charge in [0.1, 0.15) is 11.5 Å². The molecule has 0 heterocycles. The molecule has 0 aliphatic carbocycles. The summed E-state index contributed by atoms with van der Waals surface area (Å²) in [6, 6.07) is 0. The van der Waals surface area contributed by atoms with Crippen LogP contribution in [0.15, 0.2) is 0 Å². The van der Waals surface area contributed by atoms with Gasteiger partial charge in [0.25, 0.3) is 0 Å². The van der Waals surface area contributed by atoms with Gasteiger partial charge in [0, 0.05) is 43.6 Å². The van der Waals surface area contributed by atoms with Crippen LogP contribution in [0.1, 0.15) is 0 Å². The van der Waals surface area contributed by atoms with E-state index in [1.54, 1.807) is 0 Å². The lowest BCUT2D eigenvalue weighted by Crippen LogP contribution is -1.98. The number of hydrogen-bond acceptors (Lipinski definition) is 30. The van der Waals surface area contributed by atoms with Crippen molar-refractivity contribution in [3.8, 4) is 217 Å². The Labute approximate surface area is 412 Å². The molecule has 9 aromatic rings. The normalized spacial score (nSPS) is 11.7. The molecule has 0 fully saturated rings. The van der Waals surface area contributed by atoms with Gasteiger partial charge >= 0.3 is 0 Å². The van der Waals surface area contributed by atoms with Crippen molar-refractivity contribution >= 4 is 43.1 Å². The third-order valence-electron chi connectivity index (χ3n) is 12.7. The van der Waals surface area contributed by atoms with Crippen molar-refractivity contribution < 1.29 is 153 Å². The van der Waals surface area contributed by atoms with Crippen molar-refractivity contribution in [3.05, 3.63) is 0 Å². The van der Waals surface area contributed by atoms with E-state index in [1.165, 1.54) is 0 Å². The summed E-state index contributed by atoms with van der Waals surface area (Å²) in [5.41, 5.74) is -13.0. The van der Waals surface area contributed by atoms with E-state index in [1.807, 2.05) is 0 Å². The smallest absolute Gasteiger partial charge is 0.208 e. The van der Waals surface area contributed by atoms with Crippen LogP contribution >= 0.6 is 0 Å². The van der Waals surface area contributed by atoms with Gasteiger partial charge in [-0.2, -0.15) is 0 Å². The van der Waals surface area contributed by atoms with Crippen LogP contribution in [-0.4, -0.2) is 153 Å². The summed E-state index contributed by atoms with van der Waals surface area (Å²) in [7, 11) is 0. The molecule has 30 N–H and O–H groups in total. The molecule has 0 atom stereocenters. The number of aromatic hydroxyl groups is 30. The Kier molecular flexibility index (Phi) is 9.84. The van der Waals surface area contributed by atoms with Crippen molar-refractivity contribution in [2.24, 2.45) is 0 Å². The first-order valence-electron chi connectivity index (χ1n) is 20.2. The van der Waals surface area contributed by atoms with E-state index < -0.39 is 260 Å². The van der Waals surface area contributed by atoms with Gasteiger partial charge in [-0.15, -0.1) is 0 Å². The zero-order valence-electron chi connectivity index (χ0n) is 36.4. The Bertz CT molecular complexity index is 4210. The summed E-state index contributed by atoms with van der Waals surface area (Å²) in [5.74, 6) is -54.1.